The van der Waals surface area contributed by atoms with E-state index < -0.39 is 11.6 Å². The topological polar surface area (TPSA) is 27.7 Å². The van der Waals surface area contributed by atoms with Crippen molar-refractivity contribution >= 4 is 0 Å². The fourth-order valence-electron chi connectivity index (χ4n) is 3.54. The first-order valence-electron chi connectivity index (χ1n) is 10.1. The third-order valence-electron chi connectivity index (χ3n) is 5.07. The minimum Gasteiger partial charge on any atom is -0.491 e. The van der Waals surface area contributed by atoms with Gasteiger partial charge >= 0.3 is 0 Å². The third-order valence-corrected chi connectivity index (χ3v) is 5.07. The van der Waals surface area contributed by atoms with Crippen LogP contribution >= 0.6 is 0 Å². The van der Waals surface area contributed by atoms with Gasteiger partial charge in [0.1, 0.15) is 0 Å². The molecule has 0 N–H and O–H groups in total. The van der Waals surface area contributed by atoms with Crippen molar-refractivity contribution in [1.29, 1.82) is 0 Å². The van der Waals surface area contributed by atoms with Gasteiger partial charge in [-0.05, 0) is 55.4 Å². The molecule has 28 heavy (non-hydrogen) atoms. The van der Waals surface area contributed by atoms with Crippen LogP contribution in [0.25, 0.3) is 11.1 Å². The Morgan fingerprint density at radius 1 is 1.00 bits per heavy atom. The van der Waals surface area contributed by atoms with E-state index in [1.807, 2.05) is 12.1 Å². The molecule has 0 aliphatic carbocycles. The Kier molecular flexibility index (Phi) is 7.40. The zero-order valence-corrected chi connectivity index (χ0v) is 16.5. The Morgan fingerprint density at radius 3 is 2.43 bits per heavy atom. The fourth-order valence-corrected chi connectivity index (χ4v) is 3.54. The van der Waals surface area contributed by atoms with Crippen LogP contribution in [-0.4, -0.2) is 19.5 Å². The molecular weight excluding hydrogens is 362 g/mol. The molecule has 0 amide bonds. The fraction of sp³-hybridized carbons (Fsp3) is 0.478. The molecule has 1 aliphatic heterocycles. The van der Waals surface area contributed by atoms with Gasteiger partial charge in [-0.2, -0.15) is 4.39 Å². The highest BCUT2D eigenvalue weighted by atomic mass is 19.2. The lowest BCUT2D eigenvalue weighted by molar-refractivity contribution is -0.182. The first-order valence-corrected chi connectivity index (χ1v) is 10.1. The van der Waals surface area contributed by atoms with E-state index in [-0.39, 0.29) is 24.2 Å². The molecule has 2 atom stereocenters. The van der Waals surface area contributed by atoms with Crippen molar-refractivity contribution < 1.29 is 23.0 Å². The summed E-state index contributed by atoms with van der Waals surface area (Å²) >= 11 is 0. The molecule has 1 heterocycles. The molecule has 2 aromatic rings. The van der Waals surface area contributed by atoms with Gasteiger partial charge in [-0.15, -0.1) is 0 Å². The number of halogens is 2. The maximum Gasteiger partial charge on any atom is 0.201 e. The maximum absolute atomic E-state index is 14.4. The highest BCUT2D eigenvalue weighted by molar-refractivity contribution is 5.65. The molecule has 0 saturated carbocycles. The predicted molar refractivity (Wildman–Crippen MR) is 105 cm³/mol. The Balaban J connectivity index is 1.58. The monoisotopic (exact) mass is 390 g/mol. The molecule has 1 fully saturated rings. The second-order valence-electron chi connectivity index (χ2n) is 7.18. The van der Waals surface area contributed by atoms with E-state index in [4.69, 9.17) is 14.2 Å². The largest absolute Gasteiger partial charge is 0.491 e. The van der Waals surface area contributed by atoms with Crippen molar-refractivity contribution in [2.75, 3.05) is 13.2 Å². The quantitative estimate of drug-likeness (QED) is 0.545. The van der Waals surface area contributed by atoms with Crippen molar-refractivity contribution in [3.8, 4) is 16.9 Å². The molecule has 0 spiro atoms. The van der Waals surface area contributed by atoms with Gasteiger partial charge in [-0.25, -0.2) is 4.39 Å². The lowest BCUT2D eigenvalue weighted by Gasteiger charge is -2.28. The summed E-state index contributed by atoms with van der Waals surface area (Å²) in [4.78, 5) is 0. The van der Waals surface area contributed by atoms with Gasteiger partial charge in [-0.3, -0.25) is 0 Å². The Bertz CT molecular complexity index is 753. The third kappa shape index (κ3) is 5.09. The summed E-state index contributed by atoms with van der Waals surface area (Å²) in [6.45, 7) is 5.41. The van der Waals surface area contributed by atoms with E-state index >= 15 is 0 Å². The second-order valence-corrected chi connectivity index (χ2v) is 7.18. The van der Waals surface area contributed by atoms with Gasteiger partial charge in [0.05, 0.1) is 19.8 Å². The molecule has 3 rings (SSSR count). The van der Waals surface area contributed by atoms with Crippen molar-refractivity contribution in [2.45, 2.75) is 52.4 Å². The Morgan fingerprint density at radius 2 is 1.79 bits per heavy atom. The molecular formula is C23H28F2O3. The van der Waals surface area contributed by atoms with Gasteiger partial charge in [0, 0.05) is 5.56 Å². The first-order chi connectivity index (χ1) is 13.6. The molecule has 1 aliphatic rings. The number of hydrogen-bond donors (Lipinski definition) is 0. The van der Waals surface area contributed by atoms with Gasteiger partial charge in [0.2, 0.25) is 5.82 Å². The maximum atomic E-state index is 14.4. The van der Waals surface area contributed by atoms with Crippen LogP contribution in [0.5, 0.6) is 5.75 Å². The van der Waals surface area contributed by atoms with E-state index in [9.17, 15) is 8.78 Å². The van der Waals surface area contributed by atoms with Crippen molar-refractivity contribution in [3.63, 3.8) is 0 Å². The van der Waals surface area contributed by atoms with Crippen LogP contribution in [-0.2, 0) is 16.1 Å². The van der Waals surface area contributed by atoms with E-state index in [1.165, 1.54) is 25.0 Å². The smallest absolute Gasteiger partial charge is 0.201 e. The molecule has 3 nitrogen and oxygen atoms in total. The molecule has 0 radical (unpaired) electrons. The normalized spacial score (nSPS) is 19.6. The molecule has 1 saturated heterocycles. The second kappa shape index (κ2) is 9.99. The zero-order chi connectivity index (χ0) is 19.9. The highest BCUT2D eigenvalue weighted by Gasteiger charge is 2.21. The van der Waals surface area contributed by atoms with Gasteiger partial charge in [0.15, 0.2) is 17.9 Å². The number of benzene rings is 2. The first kappa shape index (κ1) is 20.7. The van der Waals surface area contributed by atoms with Crippen LogP contribution in [0.15, 0.2) is 36.4 Å². The van der Waals surface area contributed by atoms with Crippen LogP contribution in [0.1, 0.15) is 45.1 Å². The van der Waals surface area contributed by atoms with Gasteiger partial charge in [-0.1, -0.05) is 37.6 Å². The number of hydrogen-bond acceptors (Lipinski definition) is 3. The summed E-state index contributed by atoms with van der Waals surface area (Å²) in [5.41, 5.74) is 1.79. The summed E-state index contributed by atoms with van der Waals surface area (Å²) in [7, 11) is 0. The summed E-state index contributed by atoms with van der Waals surface area (Å²) in [5, 5.41) is 0. The molecule has 0 aromatic heterocycles. The predicted octanol–water partition coefficient (Wildman–Crippen LogP) is 6.10. The number of rotatable bonds is 8. The van der Waals surface area contributed by atoms with Gasteiger partial charge < -0.3 is 14.2 Å². The summed E-state index contributed by atoms with van der Waals surface area (Å²) in [6.07, 6.45) is 4.28. The van der Waals surface area contributed by atoms with Crippen LogP contribution in [0.3, 0.4) is 0 Å². The van der Waals surface area contributed by atoms with E-state index in [1.54, 1.807) is 19.1 Å². The van der Waals surface area contributed by atoms with Crippen LogP contribution in [0, 0.1) is 17.6 Å². The minimum absolute atomic E-state index is 0.0672. The molecule has 0 bridgehead atoms. The summed E-state index contributed by atoms with van der Waals surface area (Å²) in [5.74, 6) is -1.27. The average Bonchev–Trinajstić information content (AvgIpc) is 2.72. The highest BCUT2D eigenvalue weighted by Crippen LogP contribution is 2.30. The van der Waals surface area contributed by atoms with E-state index in [2.05, 4.69) is 6.92 Å². The average molecular weight is 390 g/mol. The lowest BCUT2D eigenvalue weighted by Crippen LogP contribution is -2.27. The molecule has 5 heteroatoms. The molecule has 2 unspecified atom stereocenters. The Hall–Kier alpha value is -1.98. The van der Waals surface area contributed by atoms with Crippen molar-refractivity contribution in [2.24, 2.45) is 5.92 Å². The lowest BCUT2D eigenvalue weighted by atomic mass is 9.97. The minimum atomic E-state index is -0.956. The van der Waals surface area contributed by atoms with Gasteiger partial charge in [0.25, 0.3) is 0 Å². The summed E-state index contributed by atoms with van der Waals surface area (Å²) < 4.78 is 45.2. The van der Waals surface area contributed by atoms with E-state index in [0.29, 0.717) is 18.1 Å². The zero-order valence-electron chi connectivity index (χ0n) is 16.5. The van der Waals surface area contributed by atoms with Crippen LogP contribution in [0.4, 0.5) is 8.78 Å². The van der Waals surface area contributed by atoms with Crippen molar-refractivity contribution in [3.05, 3.63) is 53.6 Å². The molecule has 152 valence electrons. The molecule has 2 aromatic carbocycles. The van der Waals surface area contributed by atoms with E-state index in [0.717, 1.165) is 25.0 Å². The Labute approximate surface area is 165 Å². The number of ether oxygens (including phenoxy) is 3. The standard InChI is InChI=1S/C23H28F2O3/c1-3-5-16-8-13-21(27-14-16)28-15-17-6-9-18(10-7-17)19-11-12-20(26-4-2)23(25)22(19)24/h6-7,9-12,16,21H,3-5,8,13-15H2,1-2H3. The van der Waals surface area contributed by atoms with Crippen LogP contribution < -0.4 is 4.74 Å². The summed E-state index contributed by atoms with van der Waals surface area (Å²) in [6, 6.07) is 10.3. The van der Waals surface area contributed by atoms with Crippen molar-refractivity contribution in [1.82, 2.24) is 0 Å². The van der Waals surface area contributed by atoms with Crippen LogP contribution in [0.2, 0.25) is 0 Å². The SMILES string of the molecule is CCCC1CCC(OCc2ccc(-c3ccc(OCC)c(F)c3F)cc2)OC1.